The molecular formula is C11H23N3O. The Balaban J connectivity index is 2.40. The van der Waals surface area contributed by atoms with Gasteiger partial charge in [-0.25, -0.2) is 0 Å². The first-order valence-corrected chi connectivity index (χ1v) is 5.77. The molecule has 0 bridgehead atoms. The monoisotopic (exact) mass is 213 g/mol. The number of hydrogen-bond acceptors (Lipinski definition) is 3. The molecule has 1 aliphatic heterocycles. The maximum atomic E-state index is 11.8. The average Bonchev–Trinajstić information content (AvgIpc) is 2.62. The van der Waals surface area contributed by atoms with Crippen LogP contribution in [-0.4, -0.2) is 55.0 Å². The van der Waals surface area contributed by atoms with Crippen LogP contribution >= 0.6 is 0 Å². The topological polar surface area (TPSA) is 49.6 Å². The third-order valence-electron chi connectivity index (χ3n) is 3.29. The van der Waals surface area contributed by atoms with E-state index in [0.29, 0.717) is 12.5 Å². The number of hydrogen-bond donors (Lipinski definition) is 1. The second-order valence-corrected chi connectivity index (χ2v) is 4.51. The Kier molecular flexibility index (Phi) is 4.54. The molecule has 88 valence electrons. The molecule has 15 heavy (non-hydrogen) atoms. The van der Waals surface area contributed by atoms with Crippen molar-refractivity contribution < 1.29 is 4.79 Å². The highest BCUT2D eigenvalue weighted by atomic mass is 16.2. The zero-order chi connectivity index (χ0) is 11.4. The van der Waals surface area contributed by atoms with Crippen molar-refractivity contribution in [2.45, 2.75) is 38.3 Å². The van der Waals surface area contributed by atoms with Crippen molar-refractivity contribution >= 4 is 5.91 Å². The van der Waals surface area contributed by atoms with Gasteiger partial charge < -0.3 is 15.5 Å². The van der Waals surface area contributed by atoms with Crippen LogP contribution < -0.4 is 5.73 Å². The number of carbonyl (C=O) groups excluding carboxylic acids is 1. The minimum Gasteiger partial charge on any atom is -0.343 e. The van der Waals surface area contributed by atoms with Gasteiger partial charge in [0.05, 0.1) is 6.04 Å². The Morgan fingerprint density at radius 3 is 2.80 bits per heavy atom. The molecule has 1 unspecified atom stereocenters. The predicted molar refractivity (Wildman–Crippen MR) is 61.6 cm³/mol. The number of likely N-dealkylation sites (N-methyl/N-ethyl adjacent to an activating group) is 2. The van der Waals surface area contributed by atoms with Gasteiger partial charge in [-0.3, -0.25) is 4.79 Å². The fourth-order valence-corrected chi connectivity index (χ4v) is 2.07. The molecule has 0 aromatic heterocycles. The van der Waals surface area contributed by atoms with Gasteiger partial charge in [-0.15, -0.1) is 0 Å². The number of carbonyl (C=O) groups is 1. The van der Waals surface area contributed by atoms with Crippen LogP contribution in [0.15, 0.2) is 0 Å². The van der Waals surface area contributed by atoms with Crippen molar-refractivity contribution in [1.29, 1.82) is 0 Å². The summed E-state index contributed by atoms with van der Waals surface area (Å²) in [5.41, 5.74) is 5.72. The van der Waals surface area contributed by atoms with Crippen LogP contribution in [0, 0.1) is 0 Å². The first-order valence-electron chi connectivity index (χ1n) is 5.77. The highest BCUT2D eigenvalue weighted by molar-refractivity contribution is 5.81. The first kappa shape index (κ1) is 12.5. The quantitative estimate of drug-likeness (QED) is 0.729. The van der Waals surface area contributed by atoms with Crippen molar-refractivity contribution in [2.24, 2.45) is 5.73 Å². The third kappa shape index (κ3) is 3.18. The summed E-state index contributed by atoms with van der Waals surface area (Å²) in [5.74, 6) is 0.0674. The van der Waals surface area contributed by atoms with E-state index in [1.807, 2.05) is 14.0 Å². The molecule has 2 atom stereocenters. The number of nitrogens with two attached hydrogens (primary N) is 1. The zero-order valence-corrected chi connectivity index (χ0v) is 10.1. The van der Waals surface area contributed by atoms with E-state index < -0.39 is 0 Å². The second kappa shape index (κ2) is 5.47. The van der Waals surface area contributed by atoms with E-state index in [1.54, 1.807) is 4.90 Å². The maximum absolute atomic E-state index is 11.8. The molecule has 4 nitrogen and oxygen atoms in total. The Labute approximate surface area is 92.4 Å². The van der Waals surface area contributed by atoms with Crippen LogP contribution in [0.1, 0.15) is 26.2 Å². The smallest absolute Gasteiger partial charge is 0.239 e. The molecule has 0 aromatic rings. The Morgan fingerprint density at radius 2 is 2.33 bits per heavy atom. The van der Waals surface area contributed by atoms with Crippen LogP contribution in [0.25, 0.3) is 0 Å². The molecule has 0 aromatic carbocycles. The van der Waals surface area contributed by atoms with Gasteiger partial charge in [-0.1, -0.05) is 6.92 Å². The van der Waals surface area contributed by atoms with Crippen LogP contribution in [0.5, 0.6) is 0 Å². The zero-order valence-electron chi connectivity index (χ0n) is 10.1. The standard InChI is InChI=1S/C11H23N3O/c1-4-10(12)11(15)14(3)8-9-6-5-7-13(9)2/h9-10H,4-8,12H2,1-3H3/t9?,10-/m0/s1. The van der Waals surface area contributed by atoms with Gasteiger partial charge in [0.1, 0.15) is 0 Å². The van der Waals surface area contributed by atoms with E-state index in [4.69, 9.17) is 5.73 Å². The van der Waals surface area contributed by atoms with Crippen LogP contribution in [0.2, 0.25) is 0 Å². The summed E-state index contributed by atoms with van der Waals surface area (Å²) >= 11 is 0. The van der Waals surface area contributed by atoms with E-state index in [1.165, 1.54) is 12.8 Å². The Hall–Kier alpha value is -0.610. The Morgan fingerprint density at radius 1 is 1.67 bits per heavy atom. The van der Waals surface area contributed by atoms with Crippen LogP contribution in [-0.2, 0) is 4.79 Å². The minimum atomic E-state index is -0.332. The predicted octanol–water partition coefficient (Wildman–Crippen LogP) is 0.276. The summed E-state index contributed by atoms with van der Waals surface area (Å²) in [6, 6.07) is 0.185. The highest BCUT2D eigenvalue weighted by Gasteiger charge is 2.25. The normalized spacial score (nSPS) is 24.1. The Bertz CT molecular complexity index is 220. The number of rotatable bonds is 4. The van der Waals surface area contributed by atoms with Crippen LogP contribution in [0.3, 0.4) is 0 Å². The molecule has 1 saturated heterocycles. The third-order valence-corrected chi connectivity index (χ3v) is 3.29. The lowest BCUT2D eigenvalue weighted by atomic mass is 10.1. The van der Waals surface area contributed by atoms with Gasteiger partial charge in [0, 0.05) is 19.6 Å². The summed E-state index contributed by atoms with van der Waals surface area (Å²) in [5, 5.41) is 0. The summed E-state index contributed by atoms with van der Waals surface area (Å²) in [6.45, 7) is 3.90. The SMILES string of the molecule is CC[C@H](N)C(=O)N(C)CC1CCCN1C. The molecule has 1 aliphatic rings. The fourth-order valence-electron chi connectivity index (χ4n) is 2.07. The highest BCUT2D eigenvalue weighted by Crippen LogP contribution is 2.15. The molecule has 1 amide bonds. The van der Waals surface area contributed by atoms with Crippen molar-refractivity contribution in [3.8, 4) is 0 Å². The van der Waals surface area contributed by atoms with E-state index in [-0.39, 0.29) is 11.9 Å². The van der Waals surface area contributed by atoms with E-state index in [2.05, 4.69) is 11.9 Å². The van der Waals surface area contributed by atoms with E-state index in [0.717, 1.165) is 13.1 Å². The van der Waals surface area contributed by atoms with Gasteiger partial charge in [0.2, 0.25) is 5.91 Å². The number of likely N-dealkylation sites (tertiary alicyclic amines) is 1. The molecular weight excluding hydrogens is 190 g/mol. The summed E-state index contributed by atoms with van der Waals surface area (Å²) in [7, 11) is 3.97. The number of amides is 1. The molecule has 1 fully saturated rings. The van der Waals surface area contributed by atoms with Gasteiger partial charge in [0.25, 0.3) is 0 Å². The van der Waals surface area contributed by atoms with E-state index in [9.17, 15) is 4.79 Å². The van der Waals surface area contributed by atoms with Crippen molar-refractivity contribution in [3.05, 3.63) is 0 Å². The largest absolute Gasteiger partial charge is 0.343 e. The maximum Gasteiger partial charge on any atom is 0.239 e. The summed E-state index contributed by atoms with van der Waals surface area (Å²) < 4.78 is 0. The molecule has 0 radical (unpaired) electrons. The van der Waals surface area contributed by atoms with E-state index >= 15 is 0 Å². The lowest BCUT2D eigenvalue weighted by Gasteiger charge is -2.27. The first-order chi connectivity index (χ1) is 7.06. The lowest BCUT2D eigenvalue weighted by molar-refractivity contribution is -0.131. The van der Waals surface area contributed by atoms with Crippen LogP contribution in [0.4, 0.5) is 0 Å². The molecule has 0 saturated carbocycles. The molecule has 0 aliphatic carbocycles. The molecule has 0 spiro atoms. The van der Waals surface area contributed by atoms with Gasteiger partial charge in [-0.05, 0) is 32.9 Å². The average molecular weight is 213 g/mol. The van der Waals surface area contributed by atoms with Gasteiger partial charge in [0.15, 0.2) is 0 Å². The van der Waals surface area contributed by atoms with Gasteiger partial charge >= 0.3 is 0 Å². The summed E-state index contributed by atoms with van der Waals surface area (Å²) in [6.07, 6.45) is 3.14. The van der Waals surface area contributed by atoms with Crippen molar-refractivity contribution in [3.63, 3.8) is 0 Å². The summed E-state index contributed by atoms with van der Waals surface area (Å²) in [4.78, 5) is 15.8. The molecule has 4 heteroatoms. The second-order valence-electron chi connectivity index (χ2n) is 4.51. The van der Waals surface area contributed by atoms with Crippen molar-refractivity contribution in [2.75, 3.05) is 27.2 Å². The minimum absolute atomic E-state index is 0.0674. The lowest BCUT2D eigenvalue weighted by Crippen LogP contribution is -2.46. The fraction of sp³-hybridized carbons (Fsp3) is 0.909. The molecule has 1 rings (SSSR count). The number of nitrogens with zero attached hydrogens (tertiary/aromatic N) is 2. The molecule has 1 heterocycles. The van der Waals surface area contributed by atoms with Gasteiger partial charge in [-0.2, -0.15) is 0 Å². The molecule has 2 N–H and O–H groups in total. The van der Waals surface area contributed by atoms with Crippen molar-refractivity contribution in [1.82, 2.24) is 9.80 Å².